The van der Waals surface area contributed by atoms with Gasteiger partial charge in [0.05, 0.1) is 17.4 Å². The highest BCUT2D eigenvalue weighted by atomic mass is 19.1. The molecule has 0 saturated carbocycles. The lowest BCUT2D eigenvalue weighted by Gasteiger charge is -2.25. The zero-order valence-electron chi connectivity index (χ0n) is 14.5. The number of fused-ring (bicyclic) bond motifs is 1. The SMILES string of the molecule is OC(CF)(Cc1ccc2c(cnn2-c2ccc(F)cc2)c1)c1ccccc1. The number of hydrogen-bond donors (Lipinski definition) is 1. The molecule has 1 aromatic heterocycles. The smallest absolute Gasteiger partial charge is 0.123 e. The Morgan fingerprint density at radius 2 is 1.70 bits per heavy atom. The van der Waals surface area contributed by atoms with E-state index in [0.29, 0.717) is 5.56 Å². The van der Waals surface area contributed by atoms with Crippen LogP contribution >= 0.6 is 0 Å². The second kappa shape index (κ2) is 6.93. The molecule has 3 nitrogen and oxygen atoms in total. The van der Waals surface area contributed by atoms with E-state index >= 15 is 0 Å². The lowest BCUT2D eigenvalue weighted by molar-refractivity contribution is 0.0113. The number of halogens is 2. The molecule has 0 aliphatic rings. The number of hydrogen-bond acceptors (Lipinski definition) is 2. The normalized spacial score (nSPS) is 13.6. The van der Waals surface area contributed by atoms with E-state index in [4.69, 9.17) is 0 Å². The highest BCUT2D eigenvalue weighted by Crippen LogP contribution is 2.28. The van der Waals surface area contributed by atoms with Gasteiger partial charge in [0.1, 0.15) is 18.1 Å². The zero-order chi connectivity index (χ0) is 18.9. The van der Waals surface area contributed by atoms with Crippen molar-refractivity contribution in [2.75, 3.05) is 6.67 Å². The Labute approximate surface area is 155 Å². The van der Waals surface area contributed by atoms with Gasteiger partial charge in [0.15, 0.2) is 0 Å². The van der Waals surface area contributed by atoms with Gasteiger partial charge in [-0.2, -0.15) is 5.10 Å². The van der Waals surface area contributed by atoms with Gasteiger partial charge >= 0.3 is 0 Å². The molecule has 4 aromatic rings. The van der Waals surface area contributed by atoms with Crippen molar-refractivity contribution in [2.24, 2.45) is 0 Å². The van der Waals surface area contributed by atoms with Gasteiger partial charge < -0.3 is 5.11 Å². The fourth-order valence-electron chi connectivity index (χ4n) is 3.29. The van der Waals surface area contributed by atoms with Gasteiger partial charge in [0, 0.05) is 11.8 Å². The molecule has 27 heavy (non-hydrogen) atoms. The summed E-state index contributed by atoms with van der Waals surface area (Å²) < 4.78 is 28.5. The molecule has 0 bridgehead atoms. The first kappa shape index (κ1) is 17.4. The second-order valence-electron chi connectivity index (χ2n) is 6.63. The Morgan fingerprint density at radius 1 is 0.963 bits per heavy atom. The molecule has 0 amide bonds. The number of rotatable bonds is 5. The van der Waals surface area contributed by atoms with E-state index in [1.807, 2.05) is 24.3 Å². The minimum absolute atomic E-state index is 0.158. The van der Waals surface area contributed by atoms with Gasteiger partial charge in [-0.25, -0.2) is 13.5 Å². The van der Waals surface area contributed by atoms with Crippen LogP contribution in [0, 0.1) is 5.82 Å². The van der Waals surface area contributed by atoms with E-state index in [2.05, 4.69) is 5.10 Å². The summed E-state index contributed by atoms with van der Waals surface area (Å²) in [5.41, 5.74) is 1.40. The Hall–Kier alpha value is -3.05. The third-order valence-corrected chi connectivity index (χ3v) is 4.73. The van der Waals surface area contributed by atoms with Gasteiger partial charge in [0.25, 0.3) is 0 Å². The molecule has 0 aliphatic carbocycles. The molecular weight excluding hydrogens is 346 g/mol. The summed E-state index contributed by atoms with van der Waals surface area (Å²) in [5.74, 6) is -0.302. The van der Waals surface area contributed by atoms with Crippen LogP contribution in [0.4, 0.5) is 8.78 Å². The molecule has 0 spiro atoms. The van der Waals surface area contributed by atoms with Crippen LogP contribution in [0.15, 0.2) is 79.0 Å². The first-order valence-electron chi connectivity index (χ1n) is 8.65. The molecule has 0 saturated heterocycles. The zero-order valence-corrected chi connectivity index (χ0v) is 14.5. The Kier molecular flexibility index (Phi) is 4.46. The third kappa shape index (κ3) is 3.34. The summed E-state index contributed by atoms with van der Waals surface area (Å²) >= 11 is 0. The topological polar surface area (TPSA) is 38.1 Å². The van der Waals surface area contributed by atoms with Crippen molar-refractivity contribution in [3.63, 3.8) is 0 Å². The van der Waals surface area contributed by atoms with Crippen LogP contribution in [0.5, 0.6) is 0 Å². The summed E-state index contributed by atoms with van der Waals surface area (Å²) in [6, 6.07) is 20.6. The predicted molar refractivity (Wildman–Crippen MR) is 101 cm³/mol. The maximum Gasteiger partial charge on any atom is 0.123 e. The molecule has 1 heterocycles. The van der Waals surface area contributed by atoms with Gasteiger partial charge in [-0.3, -0.25) is 0 Å². The van der Waals surface area contributed by atoms with Crippen molar-refractivity contribution in [1.82, 2.24) is 9.78 Å². The number of aliphatic hydroxyl groups is 1. The van der Waals surface area contributed by atoms with Crippen LogP contribution in [0.3, 0.4) is 0 Å². The number of alkyl halides is 1. The van der Waals surface area contributed by atoms with Gasteiger partial charge in [0.2, 0.25) is 0 Å². The van der Waals surface area contributed by atoms with E-state index in [9.17, 15) is 13.9 Å². The maximum atomic E-state index is 13.7. The summed E-state index contributed by atoms with van der Waals surface area (Å²) in [5, 5.41) is 16.0. The minimum atomic E-state index is -1.57. The average molecular weight is 364 g/mol. The molecule has 4 rings (SSSR count). The molecule has 1 N–H and O–H groups in total. The third-order valence-electron chi connectivity index (χ3n) is 4.73. The van der Waals surface area contributed by atoms with Gasteiger partial charge in [-0.05, 0) is 47.5 Å². The van der Waals surface area contributed by atoms with Crippen LogP contribution in [0.1, 0.15) is 11.1 Å². The molecule has 0 radical (unpaired) electrons. The lowest BCUT2D eigenvalue weighted by atomic mass is 9.88. The van der Waals surface area contributed by atoms with E-state index < -0.39 is 12.3 Å². The molecule has 5 heteroatoms. The van der Waals surface area contributed by atoms with Crippen molar-refractivity contribution in [3.05, 3.63) is 95.9 Å². The highest BCUT2D eigenvalue weighted by Gasteiger charge is 2.29. The first-order valence-corrected chi connectivity index (χ1v) is 8.65. The van der Waals surface area contributed by atoms with Crippen molar-refractivity contribution >= 4 is 10.9 Å². The second-order valence-corrected chi connectivity index (χ2v) is 6.63. The first-order chi connectivity index (χ1) is 13.1. The largest absolute Gasteiger partial charge is 0.382 e. The van der Waals surface area contributed by atoms with Crippen LogP contribution in [0.25, 0.3) is 16.6 Å². The Morgan fingerprint density at radius 3 is 2.41 bits per heavy atom. The molecular formula is C22H18F2N2O. The van der Waals surface area contributed by atoms with Crippen molar-refractivity contribution < 1.29 is 13.9 Å². The number of nitrogens with zero attached hydrogens (tertiary/aromatic N) is 2. The average Bonchev–Trinajstić information content (AvgIpc) is 3.12. The molecule has 1 unspecified atom stereocenters. The monoisotopic (exact) mass is 364 g/mol. The Balaban J connectivity index is 1.67. The number of aromatic nitrogens is 2. The predicted octanol–water partition coefficient (Wildman–Crippen LogP) is 4.56. The van der Waals surface area contributed by atoms with E-state index in [1.165, 1.54) is 12.1 Å². The molecule has 0 aliphatic heterocycles. The van der Waals surface area contributed by atoms with Gasteiger partial charge in [-0.1, -0.05) is 36.4 Å². The molecule has 0 fully saturated rings. The molecule has 136 valence electrons. The molecule has 3 aromatic carbocycles. The highest BCUT2D eigenvalue weighted by molar-refractivity contribution is 5.81. The van der Waals surface area contributed by atoms with E-state index in [0.717, 1.165) is 22.2 Å². The van der Waals surface area contributed by atoms with Gasteiger partial charge in [-0.15, -0.1) is 0 Å². The van der Waals surface area contributed by atoms with E-state index in [1.54, 1.807) is 47.3 Å². The maximum absolute atomic E-state index is 13.7. The fourth-order valence-corrected chi connectivity index (χ4v) is 3.29. The summed E-state index contributed by atoms with van der Waals surface area (Å²) in [6.45, 7) is -0.871. The van der Waals surface area contributed by atoms with Crippen LogP contribution in [-0.2, 0) is 12.0 Å². The number of benzene rings is 3. The van der Waals surface area contributed by atoms with Crippen LogP contribution < -0.4 is 0 Å². The van der Waals surface area contributed by atoms with Crippen LogP contribution in [0.2, 0.25) is 0 Å². The fraction of sp³-hybridized carbons (Fsp3) is 0.136. The van der Waals surface area contributed by atoms with Crippen LogP contribution in [-0.4, -0.2) is 21.6 Å². The lowest BCUT2D eigenvalue weighted by Crippen LogP contribution is -2.31. The van der Waals surface area contributed by atoms with Crippen molar-refractivity contribution in [1.29, 1.82) is 0 Å². The summed E-state index contributed by atoms with van der Waals surface area (Å²) in [7, 11) is 0. The Bertz CT molecular complexity index is 1060. The summed E-state index contributed by atoms with van der Waals surface area (Å²) in [6.07, 6.45) is 1.87. The van der Waals surface area contributed by atoms with Crippen molar-refractivity contribution in [2.45, 2.75) is 12.0 Å². The van der Waals surface area contributed by atoms with E-state index in [-0.39, 0.29) is 12.2 Å². The minimum Gasteiger partial charge on any atom is -0.382 e. The quantitative estimate of drug-likeness (QED) is 0.564. The van der Waals surface area contributed by atoms with Crippen molar-refractivity contribution in [3.8, 4) is 5.69 Å². The standard InChI is InChI=1S/C22H18F2N2O/c23-15-22(27,18-4-2-1-3-5-18)13-16-6-11-21-17(12-16)14-25-26(21)20-9-7-19(24)8-10-20/h1-12,14,27H,13,15H2. The summed E-state index contributed by atoms with van der Waals surface area (Å²) in [4.78, 5) is 0. The molecule has 1 atom stereocenters.